The number of amides is 2. The molecule has 1 unspecified atom stereocenters. The van der Waals surface area contributed by atoms with Gasteiger partial charge in [0, 0.05) is 26.1 Å². The molecule has 0 bridgehead atoms. The van der Waals surface area contributed by atoms with Crippen molar-refractivity contribution in [1.29, 1.82) is 0 Å². The monoisotopic (exact) mass is 338 g/mol. The number of carbonyl (C=O) groups excluding carboxylic acids is 2. The van der Waals surface area contributed by atoms with Gasteiger partial charge in [-0.05, 0) is 26.2 Å². The standard InChI is InChI=1S/C20H38N2O2/c1-3-5-6-7-8-9-10-11-12-15-19(23)22-16-13-14-18(17-22)20(24)21-4-2/h18H,3-17H2,1-2H3,(H,21,24). The van der Waals surface area contributed by atoms with Crippen LogP contribution in [0.25, 0.3) is 0 Å². The quantitative estimate of drug-likeness (QED) is 0.540. The summed E-state index contributed by atoms with van der Waals surface area (Å²) in [6.45, 7) is 6.29. The number of nitrogens with one attached hydrogen (secondary N) is 1. The van der Waals surface area contributed by atoms with Crippen LogP contribution in [0.2, 0.25) is 0 Å². The third-order valence-electron chi connectivity index (χ3n) is 4.99. The van der Waals surface area contributed by atoms with E-state index in [1.54, 1.807) is 0 Å². The Hall–Kier alpha value is -1.06. The Morgan fingerprint density at radius 3 is 2.21 bits per heavy atom. The smallest absolute Gasteiger partial charge is 0.224 e. The number of carbonyl (C=O) groups is 2. The molecule has 1 saturated heterocycles. The number of hydrogen-bond acceptors (Lipinski definition) is 2. The Bertz CT molecular complexity index is 358. The largest absolute Gasteiger partial charge is 0.356 e. The second-order valence-corrected chi connectivity index (χ2v) is 7.15. The second-order valence-electron chi connectivity index (χ2n) is 7.15. The van der Waals surface area contributed by atoms with E-state index in [9.17, 15) is 9.59 Å². The fourth-order valence-electron chi connectivity index (χ4n) is 3.48. The molecule has 1 rings (SSSR count). The molecular formula is C20H38N2O2. The van der Waals surface area contributed by atoms with E-state index < -0.39 is 0 Å². The fraction of sp³-hybridized carbons (Fsp3) is 0.900. The first-order chi connectivity index (χ1) is 11.7. The van der Waals surface area contributed by atoms with Crippen LogP contribution in [-0.4, -0.2) is 36.3 Å². The molecule has 24 heavy (non-hydrogen) atoms. The van der Waals surface area contributed by atoms with Crippen molar-refractivity contribution in [3.63, 3.8) is 0 Å². The highest BCUT2D eigenvalue weighted by molar-refractivity contribution is 5.81. The van der Waals surface area contributed by atoms with Crippen molar-refractivity contribution in [1.82, 2.24) is 10.2 Å². The van der Waals surface area contributed by atoms with Gasteiger partial charge in [-0.1, -0.05) is 58.3 Å². The Kier molecular flexibility index (Phi) is 11.6. The summed E-state index contributed by atoms with van der Waals surface area (Å²) >= 11 is 0. The van der Waals surface area contributed by atoms with Crippen molar-refractivity contribution in [2.24, 2.45) is 5.92 Å². The summed E-state index contributed by atoms with van der Waals surface area (Å²) in [7, 11) is 0. The number of rotatable bonds is 12. The van der Waals surface area contributed by atoms with Crippen LogP contribution in [0.1, 0.15) is 90.9 Å². The van der Waals surface area contributed by atoms with Gasteiger partial charge in [0.05, 0.1) is 5.92 Å². The minimum absolute atomic E-state index is 0.00855. The number of piperidine rings is 1. The molecule has 1 fully saturated rings. The van der Waals surface area contributed by atoms with Gasteiger partial charge in [0.2, 0.25) is 11.8 Å². The van der Waals surface area contributed by atoms with Crippen molar-refractivity contribution in [3.05, 3.63) is 0 Å². The lowest BCUT2D eigenvalue weighted by Gasteiger charge is -2.32. The predicted octanol–water partition coefficient (Wildman–Crippen LogP) is 4.28. The third kappa shape index (κ3) is 8.70. The maximum Gasteiger partial charge on any atom is 0.224 e. The van der Waals surface area contributed by atoms with E-state index in [1.807, 2.05) is 11.8 Å². The zero-order valence-electron chi connectivity index (χ0n) is 15.9. The summed E-state index contributed by atoms with van der Waals surface area (Å²) in [5.74, 6) is 0.343. The lowest BCUT2D eigenvalue weighted by Crippen LogP contribution is -2.45. The lowest BCUT2D eigenvalue weighted by molar-refractivity contribution is -0.135. The number of likely N-dealkylation sites (tertiary alicyclic amines) is 1. The van der Waals surface area contributed by atoms with Crippen molar-refractivity contribution in [2.75, 3.05) is 19.6 Å². The molecule has 0 radical (unpaired) electrons. The van der Waals surface area contributed by atoms with Gasteiger partial charge in [0.15, 0.2) is 0 Å². The first kappa shape index (κ1) is 21.0. The molecule has 1 aliphatic heterocycles. The van der Waals surface area contributed by atoms with E-state index in [2.05, 4.69) is 12.2 Å². The van der Waals surface area contributed by atoms with Crippen molar-refractivity contribution >= 4 is 11.8 Å². The van der Waals surface area contributed by atoms with Gasteiger partial charge < -0.3 is 10.2 Å². The third-order valence-corrected chi connectivity index (χ3v) is 4.99. The minimum Gasteiger partial charge on any atom is -0.356 e. The zero-order valence-corrected chi connectivity index (χ0v) is 15.9. The number of nitrogens with zero attached hydrogens (tertiary/aromatic N) is 1. The van der Waals surface area contributed by atoms with E-state index >= 15 is 0 Å². The van der Waals surface area contributed by atoms with Crippen LogP contribution in [0, 0.1) is 5.92 Å². The number of hydrogen-bond donors (Lipinski definition) is 1. The molecule has 140 valence electrons. The Morgan fingerprint density at radius 1 is 0.958 bits per heavy atom. The molecule has 1 heterocycles. The molecule has 0 aliphatic carbocycles. The molecule has 4 nitrogen and oxygen atoms in total. The molecular weight excluding hydrogens is 300 g/mol. The topological polar surface area (TPSA) is 49.4 Å². The van der Waals surface area contributed by atoms with Gasteiger partial charge in [-0.15, -0.1) is 0 Å². The Balaban J connectivity index is 2.09. The summed E-state index contributed by atoms with van der Waals surface area (Å²) in [6.07, 6.45) is 14.0. The average molecular weight is 339 g/mol. The fourth-order valence-corrected chi connectivity index (χ4v) is 3.48. The van der Waals surface area contributed by atoms with Gasteiger partial charge in [0.25, 0.3) is 0 Å². The number of unbranched alkanes of at least 4 members (excludes halogenated alkanes) is 8. The molecule has 4 heteroatoms. The van der Waals surface area contributed by atoms with Crippen LogP contribution in [0.5, 0.6) is 0 Å². The van der Waals surface area contributed by atoms with Crippen LogP contribution in [-0.2, 0) is 9.59 Å². The maximum atomic E-state index is 12.3. The van der Waals surface area contributed by atoms with Gasteiger partial charge >= 0.3 is 0 Å². The van der Waals surface area contributed by atoms with Gasteiger partial charge in [0.1, 0.15) is 0 Å². The molecule has 0 aromatic carbocycles. The van der Waals surface area contributed by atoms with Crippen molar-refractivity contribution in [3.8, 4) is 0 Å². The first-order valence-corrected chi connectivity index (χ1v) is 10.2. The van der Waals surface area contributed by atoms with E-state index in [1.165, 1.54) is 44.9 Å². The van der Waals surface area contributed by atoms with E-state index in [4.69, 9.17) is 0 Å². The normalized spacial score (nSPS) is 17.8. The van der Waals surface area contributed by atoms with Crippen LogP contribution < -0.4 is 5.32 Å². The average Bonchev–Trinajstić information content (AvgIpc) is 2.60. The van der Waals surface area contributed by atoms with E-state index in [0.717, 1.165) is 32.2 Å². The summed E-state index contributed by atoms with van der Waals surface area (Å²) in [4.78, 5) is 26.2. The summed E-state index contributed by atoms with van der Waals surface area (Å²) in [5.41, 5.74) is 0. The molecule has 0 aromatic heterocycles. The molecule has 2 amide bonds. The van der Waals surface area contributed by atoms with E-state index in [-0.39, 0.29) is 17.7 Å². The highest BCUT2D eigenvalue weighted by atomic mass is 16.2. The van der Waals surface area contributed by atoms with E-state index in [0.29, 0.717) is 19.5 Å². The Labute approximate surface area is 148 Å². The Morgan fingerprint density at radius 2 is 1.58 bits per heavy atom. The highest BCUT2D eigenvalue weighted by Crippen LogP contribution is 2.18. The molecule has 0 spiro atoms. The highest BCUT2D eigenvalue weighted by Gasteiger charge is 2.27. The summed E-state index contributed by atoms with van der Waals surface area (Å²) in [5, 5.41) is 2.88. The molecule has 1 atom stereocenters. The summed E-state index contributed by atoms with van der Waals surface area (Å²) in [6, 6.07) is 0. The van der Waals surface area contributed by atoms with Crippen molar-refractivity contribution in [2.45, 2.75) is 90.9 Å². The van der Waals surface area contributed by atoms with Crippen LogP contribution in [0.4, 0.5) is 0 Å². The van der Waals surface area contributed by atoms with Crippen LogP contribution in [0.15, 0.2) is 0 Å². The molecule has 0 saturated carbocycles. The van der Waals surface area contributed by atoms with Crippen molar-refractivity contribution < 1.29 is 9.59 Å². The first-order valence-electron chi connectivity index (χ1n) is 10.2. The SMILES string of the molecule is CCCCCCCCCCCC(=O)N1CCCC(C(=O)NCC)C1. The predicted molar refractivity (Wildman–Crippen MR) is 99.8 cm³/mol. The lowest BCUT2D eigenvalue weighted by atomic mass is 9.96. The molecule has 1 aliphatic rings. The zero-order chi connectivity index (χ0) is 17.6. The van der Waals surface area contributed by atoms with Gasteiger partial charge in [-0.3, -0.25) is 9.59 Å². The maximum absolute atomic E-state index is 12.3. The molecule has 0 aromatic rings. The molecule has 1 N–H and O–H groups in total. The minimum atomic E-state index is -0.00855. The van der Waals surface area contributed by atoms with Crippen LogP contribution >= 0.6 is 0 Å². The van der Waals surface area contributed by atoms with Crippen LogP contribution in [0.3, 0.4) is 0 Å². The van der Waals surface area contributed by atoms with Gasteiger partial charge in [-0.25, -0.2) is 0 Å². The van der Waals surface area contributed by atoms with Gasteiger partial charge in [-0.2, -0.15) is 0 Å². The second kappa shape index (κ2) is 13.3. The summed E-state index contributed by atoms with van der Waals surface area (Å²) < 4.78 is 0.